The molecule has 2 heterocycles. The normalized spacial score (nSPS) is 16.9. The van der Waals surface area contributed by atoms with Crippen molar-refractivity contribution >= 4 is 17.4 Å². The first kappa shape index (κ1) is 14.5. The summed E-state index contributed by atoms with van der Waals surface area (Å²) in [6.45, 7) is 2.19. The summed E-state index contributed by atoms with van der Waals surface area (Å²) >= 11 is 1.78. The largest absolute Gasteiger partial charge is 0.392 e. The van der Waals surface area contributed by atoms with E-state index in [9.17, 15) is 0 Å². The van der Waals surface area contributed by atoms with E-state index in [1.165, 1.54) is 48.2 Å². The highest BCUT2D eigenvalue weighted by molar-refractivity contribution is 7.13. The summed E-state index contributed by atoms with van der Waals surface area (Å²) in [5.41, 5.74) is 3.46. The second-order valence-corrected chi connectivity index (χ2v) is 6.68. The average Bonchev–Trinajstić information content (AvgIpc) is 3.12. The number of rotatable bonds is 4. The molecule has 3 rings (SSSR count). The van der Waals surface area contributed by atoms with Gasteiger partial charge in [-0.2, -0.15) is 5.10 Å². The first-order chi connectivity index (χ1) is 10.3. The minimum absolute atomic E-state index is 0.0593. The summed E-state index contributed by atoms with van der Waals surface area (Å²) in [5.74, 6) is 0. The maximum Gasteiger partial charge on any atom is 0.0855 e. The number of aliphatic hydroxyl groups is 1. The first-order valence-electron chi connectivity index (χ1n) is 7.70. The number of hydrogen-bond donors (Lipinski definition) is 1. The van der Waals surface area contributed by atoms with E-state index in [0.29, 0.717) is 6.04 Å². The van der Waals surface area contributed by atoms with Crippen LogP contribution in [0.4, 0.5) is 0 Å². The van der Waals surface area contributed by atoms with Gasteiger partial charge in [0.1, 0.15) is 0 Å². The lowest BCUT2D eigenvalue weighted by Crippen LogP contribution is -2.15. The van der Waals surface area contributed by atoms with Crippen LogP contribution in [0, 0.1) is 6.92 Å². The zero-order valence-corrected chi connectivity index (χ0v) is 13.3. The lowest BCUT2D eigenvalue weighted by molar-refractivity contribution is 0.332. The third-order valence-corrected chi connectivity index (χ3v) is 5.12. The molecule has 1 aliphatic carbocycles. The third-order valence-electron chi connectivity index (χ3n) is 4.05. The van der Waals surface area contributed by atoms with Crippen LogP contribution < -0.4 is 0 Å². The van der Waals surface area contributed by atoms with Gasteiger partial charge in [-0.3, -0.25) is 4.68 Å². The number of nitrogens with zero attached hydrogens (tertiary/aromatic N) is 2. The Balaban J connectivity index is 1.98. The van der Waals surface area contributed by atoms with Crippen molar-refractivity contribution in [3.63, 3.8) is 0 Å². The molecular weight excluding hydrogens is 280 g/mol. The summed E-state index contributed by atoms with van der Waals surface area (Å²) < 4.78 is 2.22. The molecule has 2 aromatic heterocycles. The van der Waals surface area contributed by atoms with E-state index in [2.05, 4.69) is 29.1 Å². The first-order valence-corrected chi connectivity index (χ1v) is 8.58. The third kappa shape index (κ3) is 3.27. The Kier molecular flexibility index (Phi) is 4.56. The molecular formula is C17H22N2OS. The van der Waals surface area contributed by atoms with Gasteiger partial charge in [0.2, 0.25) is 0 Å². The molecule has 1 saturated carbocycles. The molecule has 3 nitrogen and oxygen atoms in total. The molecule has 0 bridgehead atoms. The van der Waals surface area contributed by atoms with Gasteiger partial charge in [-0.05, 0) is 48.9 Å². The predicted octanol–water partition coefficient (Wildman–Crippen LogP) is 4.43. The summed E-state index contributed by atoms with van der Waals surface area (Å²) in [7, 11) is 0. The highest BCUT2D eigenvalue weighted by Gasteiger charge is 2.20. The van der Waals surface area contributed by atoms with E-state index in [-0.39, 0.29) is 6.61 Å². The Morgan fingerprint density at radius 3 is 2.81 bits per heavy atom. The summed E-state index contributed by atoms with van der Waals surface area (Å²) in [6, 6.07) is 4.90. The van der Waals surface area contributed by atoms with Crippen molar-refractivity contribution in [1.29, 1.82) is 0 Å². The van der Waals surface area contributed by atoms with E-state index in [1.807, 2.05) is 6.08 Å². The second-order valence-electron chi connectivity index (χ2n) is 5.76. The van der Waals surface area contributed by atoms with Gasteiger partial charge in [0.25, 0.3) is 0 Å². The fraction of sp³-hybridized carbons (Fsp3) is 0.471. The molecule has 112 valence electrons. The van der Waals surface area contributed by atoms with Crippen molar-refractivity contribution in [2.45, 2.75) is 45.1 Å². The van der Waals surface area contributed by atoms with Crippen LogP contribution in [0.5, 0.6) is 0 Å². The maximum absolute atomic E-state index is 8.95. The van der Waals surface area contributed by atoms with Crippen molar-refractivity contribution in [3.05, 3.63) is 34.8 Å². The summed E-state index contributed by atoms with van der Waals surface area (Å²) in [6.07, 6.45) is 10.1. The molecule has 0 spiro atoms. The highest BCUT2D eigenvalue weighted by Crippen LogP contribution is 2.35. The Morgan fingerprint density at radius 2 is 2.14 bits per heavy atom. The molecule has 1 N–H and O–H groups in total. The van der Waals surface area contributed by atoms with Crippen LogP contribution in [-0.4, -0.2) is 21.5 Å². The zero-order valence-electron chi connectivity index (χ0n) is 12.5. The van der Waals surface area contributed by atoms with Crippen LogP contribution in [0.25, 0.3) is 16.6 Å². The summed E-state index contributed by atoms with van der Waals surface area (Å²) in [4.78, 5) is 1.29. The average molecular weight is 302 g/mol. The fourth-order valence-corrected chi connectivity index (χ4v) is 3.93. The van der Waals surface area contributed by atoms with Crippen LogP contribution in [0.15, 0.2) is 23.6 Å². The van der Waals surface area contributed by atoms with Crippen molar-refractivity contribution in [1.82, 2.24) is 9.78 Å². The number of aryl methyl sites for hydroxylation is 1. The minimum Gasteiger partial charge on any atom is -0.392 e. The SMILES string of the molecule is Cc1csc(-c2cc(C=CCO)nn2C2CCCCC2)c1. The van der Waals surface area contributed by atoms with E-state index < -0.39 is 0 Å². The maximum atomic E-state index is 8.95. The summed E-state index contributed by atoms with van der Waals surface area (Å²) in [5, 5.41) is 15.9. The van der Waals surface area contributed by atoms with Gasteiger partial charge in [-0.1, -0.05) is 25.3 Å². The lowest BCUT2D eigenvalue weighted by atomic mass is 9.95. The molecule has 4 heteroatoms. The topological polar surface area (TPSA) is 38.1 Å². The number of thiophene rings is 1. The number of hydrogen-bond acceptors (Lipinski definition) is 3. The van der Waals surface area contributed by atoms with E-state index in [4.69, 9.17) is 10.2 Å². The van der Waals surface area contributed by atoms with Crippen LogP contribution in [0.3, 0.4) is 0 Å². The van der Waals surface area contributed by atoms with Gasteiger partial charge in [-0.15, -0.1) is 11.3 Å². The van der Waals surface area contributed by atoms with Crippen molar-refractivity contribution in [2.75, 3.05) is 6.61 Å². The van der Waals surface area contributed by atoms with Gasteiger partial charge in [0.05, 0.1) is 28.9 Å². The smallest absolute Gasteiger partial charge is 0.0855 e. The second kappa shape index (κ2) is 6.58. The molecule has 0 radical (unpaired) electrons. The Labute approximate surface area is 129 Å². The molecule has 0 aromatic carbocycles. The predicted molar refractivity (Wildman–Crippen MR) is 88.5 cm³/mol. The Hall–Kier alpha value is -1.39. The van der Waals surface area contributed by atoms with Gasteiger partial charge in [-0.25, -0.2) is 0 Å². The quantitative estimate of drug-likeness (QED) is 0.907. The van der Waals surface area contributed by atoms with Gasteiger partial charge >= 0.3 is 0 Å². The van der Waals surface area contributed by atoms with Gasteiger partial charge in [0.15, 0.2) is 0 Å². The highest BCUT2D eigenvalue weighted by atomic mass is 32.1. The van der Waals surface area contributed by atoms with Gasteiger partial charge in [0, 0.05) is 0 Å². The monoisotopic (exact) mass is 302 g/mol. The number of aromatic nitrogens is 2. The van der Waals surface area contributed by atoms with E-state index in [1.54, 1.807) is 17.4 Å². The Bertz CT molecular complexity index is 621. The van der Waals surface area contributed by atoms with Crippen LogP contribution in [-0.2, 0) is 0 Å². The van der Waals surface area contributed by atoms with Crippen molar-refractivity contribution in [2.24, 2.45) is 0 Å². The van der Waals surface area contributed by atoms with Crippen LogP contribution in [0.1, 0.15) is 49.4 Å². The van der Waals surface area contributed by atoms with E-state index >= 15 is 0 Å². The molecule has 1 aliphatic rings. The fourth-order valence-electron chi connectivity index (χ4n) is 3.02. The van der Waals surface area contributed by atoms with Crippen molar-refractivity contribution < 1.29 is 5.11 Å². The minimum atomic E-state index is 0.0593. The van der Waals surface area contributed by atoms with Crippen LogP contribution >= 0.6 is 11.3 Å². The van der Waals surface area contributed by atoms with Gasteiger partial charge < -0.3 is 5.11 Å². The molecule has 2 aromatic rings. The molecule has 21 heavy (non-hydrogen) atoms. The van der Waals surface area contributed by atoms with Crippen molar-refractivity contribution in [3.8, 4) is 10.6 Å². The molecule has 0 atom stereocenters. The molecule has 0 amide bonds. The molecule has 0 aliphatic heterocycles. The Morgan fingerprint density at radius 1 is 1.33 bits per heavy atom. The standard InChI is InChI=1S/C17H22N2OS/c1-13-10-17(21-12-13)16-11-14(6-5-9-20)18-19(16)15-7-3-2-4-8-15/h5-6,10-12,15,20H,2-4,7-9H2,1H3. The number of aliphatic hydroxyl groups excluding tert-OH is 1. The molecule has 0 saturated heterocycles. The molecule has 1 fully saturated rings. The lowest BCUT2D eigenvalue weighted by Gasteiger charge is -2.23. The zero-order chi connectivity index (χ0) is 14.7. The van der Waals surface area contributed by atoms with Crippen LogP contribution in [0.2, 0.25) is 0 Å². The van der Waals surface area contributed by atoms with E-state index in [0.717, 1.165) is 5.69 Å². The molecule has 0 unspecified atom stereocenters.